The highest BCUT2D eigenvalue weighted by Crippen LogP contribution is 2.07. The van der Waals surface area contributed by atoms with Gasteiger partial charge in [-0.2, -0.15) is 0 Å². The van der Waals surface area contributed by atoms with Crippen molar-refractivity contribution in [1.29, 1.82) is 0 Å². The minimum absolute atomic E-state index is 0.257. The molecule has 1 aromatic carbocycles. The number of benzene rings is 1. The summed E-state index contributed by atoms with van der Waals surface area (Å²) in [5.74, 6) is 0.257. The van der Waals surface area contributed by atoms with Gasteiger partial charge in [0.25, 0.3) is 0 Å². The van der Waals surface area contributed by atoms with E-state index >= 15 is 0 Å². The molecule has 98 valence electrons. The van der Waals surface area contributed by atoms with Gasteiger partial charge in [0.1, 0.15) is 0 Å². The Bertz CT molecular complexity index is 378. The quantitative estimate of drug-likeness (QED) is 0.823. The molecule has 3 nitrogen and oxygen atoms in total. The van der Waals surface area contributed by atoms with E-state index in [-0.39, 0.29) is 5.78 Å². The van der Waals surface area contributed by atoms with Crippen LogP contribution in [0.25, 0.3) is 0 Å². The first kappa shape index (κ1) is 13.2. The monoisotopic (exact) mass is 246 g/mol. The third-order valence-electron chi connectivity index (χ3n) is 3.46. The number of nitrogens with one attached hydrogen (secondary N) is 1. The summed E-state index contributed by atoms with van der Waals surface area (Å²) < 4.78 is 0. The minimum Gasteiger partial charge on any atom is -0.315 e. The first-order valence-electron chi connectivity index (χ1n) is 6.78. The van der Waals surface area contributed by atoms with E-state index in [4.69, 9.17) is 0 Å². The molecule has 3 heteroatoms. The van der Waals surface area contributed by atoms with Crippen molar-refractivity contribution in [3.8, 4) is 0 Å². The summed E-state index contributed by atoms with van der Waals surface area (Å²) in [4.78, 5) is 14.4. The largest absolute Gasteiger partial charge is 0.315 e. The van der Waals surface area contributed by atoms with E-state index in [1.807, 2.05) is 31.2 Å². The predicted octanol–water partition coefficient (Wildman–Crippen LogP) is 1.86. The second-order valence-electron chi connectivity index (χ2n) is 4.98. The van der Waals surface area contributed by atoms with Crippen molar-refractivity contribution >= 4 is 5.78 Å². The lowest BCUT2D eigenvalue weighted by molar-refractivity contribution is 0.0965. The number of rotatable bonds is 4. The molecule has 18 heavy (non-hydrogen) atoms. The van der Waals surface area contributed by atoms with Gasteiger partial charge in [-0.3, -0.25) is 4.79 Å². The maximum Gasteiger partial charge on any atom is 0.164 e. The van der Waals surface area contributed by atoms with Crippen molar-refractivity contribution in [3.05, 3.63) is 35.4 Å². The topological polar surface area (TPSA) is 32.3 Å². The Labute approximate surface area is 109 Å². The van der Waals surface area contributed by atoms with Crippen LogP contribution in [-0.2, 0) is 0 Å². The fourth-order valence-electron chi connectivity index (χ4n) is 2.27. The van der Waals surface area contributed by atoms with Crippen molar-refractivity contribution in [2.45, 2.75) is 19.8 Å². The smallest absolute Gasteiger partial charge is 0.164 e. The molecule has 1 fully saturated rings. The highest BCUT2D eigenvalue weighted by molar-refractivity contribution is 5.96. The van der Waals surface area contributed by atoms with Gasteiger partial charge in [-0.15, -0.1) is 0 Å². The molecule has 1 aliphatic heterocycles. The maximum absolute atomic E-state index is 12.0. The van der Waals surface area contributed by atoms with E-state index in [1.54, 1.807) is 0 Å². The van der Waals surface area contributed by atoms with Gasteiger partial charge in [-0.05, 0) is 26.4 Å². The van der Waals surface area contributed by atoms with E-state index in [0.717, 1.165) is 38.3 Å². The zero-order chi connectivity index (χ0) is 12.8. The number of carbonyl (C=O) groups excluding carboxylic acids is 1. The molecule has 2 rings (SSSR count). The number of carbonyl (C=O) groups is 1. The molecule has 1 saturated heterocycles. The minimum atomic E-state index is 0.257. The third-order valence-corrected chi connectivity index (χ3v) is 3.46. The Hall–Kier alpha value is -1.19. The molecule has 0 saturated carbocycles. The van der Waals surface area contributed by atoms with Crippen LogP contribution in [0.5, 0.6) is 0 Å². The van der Waals surface area contributed by atoms with E-state index in [9.17, 15) is 4.79 Å². The summed E-state index contributed by atoms with van der Waals surface area (Å²) in [6, 6.07) is 7.87. The van der Waals surface area contributed by atoms with Crippen molar-refractivity contribution in [3.63, 3.8) is 0 Å². The molecule has 0 aliphatic carbocycles. The highest BCUT2D eigenvalue weighted by Gasteiger charge is 2.11. The van der Waals surface area contributed by atoms with E-state index in [1.165, 1.54) is 12.0 Å². The van der Waals surface area contributed by atoms with Gasteiger partial charge in [0.05, 0.1) is 0 Å². The number of hydrogen-bond acceptors (Lipinski definition) is 3. The van der Waals surface area contributed by atoms with Crippen LogP contribution in [0.1, 0.15) is 28.8 Å². The molecular formula is C15H22N2O. The van der Waals surface area contributed by atoms with Gasteiger partial charge in [0.15, 0.2) is 5.78 Å². The van der Waals surface area contributed by atoms with Crippen LogP contribution in [-0.4, -0.2) is 43.4 Å². The highest BCUT2D eigenvalue weighted by atomic mass is 16.1. The van der Waals surface area contributed by atoms with Crippen LogP contribution < -0.4 is 5.32 Å². The van der Waals surface area contributed by atoms with Gasteiger partial charge in [-0.1, -0.05) is 29.8 Å². The van der Waals surface area contributed by atoms with E-state index in [0.29, 0.717) is 6.42 Å². The van der Waals surface area contributed by atoms with Gasteiger partial charge in [0, 0.05) is 31.6 Å². The first-order valence-corrected chi connectivity index (χ1v) is 6.78. The molecular weight excluding hydrogens is 224 g/mol. The Morgan fingerprint density at radius 3 is 2.78 bits per heavy atom. The van der Waals surface area contributed by atoms with Crippen LogP contribution in [0.3, 0.4) is 0 Å². The molecule has 0 aromatic heterocycles. The lowest BCUT2D eigenvalue weighted by Gasteiger charge is -2.18. The summed E-state index contributed by atoms with van der Waals surface area (Å²) in [7, 11) is 0. The van der Waals surface area contributed by atoms with Crippen molar-refractivity contribution in [1.82, 2.24) is 10.2 Å². The molecule has 0 radical (unpaired) electrons. The lowest BCUT2D eigenvalue weighted by atomic mass is 10.1. The maximum atomic E-state index is 12.0. The molecule has 0 atom stereocenters. The second-order valence-corrected chi connectivity index (χ2v) is 4.98. The zero-order valence-corrected chi connectivity index (χ0v) is 11.1. The summed E-state index contributed by atoms with van der Waals surface area (Å²) in [5, 5.41) is 3.38. The first-order chi connectivity index (χ1) is 8.75. The standard InChI is InChI=1S/C15H22N2O/c1-13-3-5-14(6-4-13)15(18)7-11-17-10-2-8-16-9-12-17/h3-6,16H,2,7-12H2,1H3. The summed E-state index contributed by atoms with van der Waals surface area (Å²) >= 11 is 0. The van der Waals surface area contributed by atoms with Gasteiger partial charge in [-0.25, -0.2) is 0 Å². The number of Topliss-reactive ketones (excluding diaryl/α,β-unsaturated/α-hetero) is 1. The number of hydrogen-bond donors (Lipinski definition) is 1. The van der Waals surface area contributed by atoms with Crippen molar-refractivity contribution in [2.75, 3.05) is 32.7 Å². The second kappa shape index (κ2) is 6.66. The van der Waals surface area contributed by atoms with Crippen molar-refractivity contribution in [2.24, 2.45) is 0 Å². The van der Waals surface area contributed by atoms with Gasteiger partial charge < -0.3 is 10.2 Å². The number of nitrogens with zero attached hydrogens (tertiary/aromatic N) is 1. The van der Waals surface area contributed by atoms with Crippen LogP contribution in [0.15, 0.2) is 24.3 Å². The fourth-order valence-corrected chi connectivity index (χ4v) is 2.27. The molecule has 0 bridgehead atoms. The van der Waals surface area contributed by atoms with Crippen LogP contribution in [0.2, 0.25) is 0 Å². The normalized spacial score (nSPS) is 17.4. The number of aryl methyl sites for hydroxylation is 1. The molecule has 0 unspecified atom stereocenters. The Kier molecular flexibility index (Phi) is 4.90. The van der Waals surface area contributed by atoms with Crippen LogP contribution in [0, 0.1) is 6.92 Å². The average molecular weight is 246 g/mol. The zero-order valence-electron chi connectivity index (χ0n) is 11.1. The molecule has 1 N–H and O–H groups in total. The molecule has 0 amide bonds. The Balaban J connectivity index is 1.82. The molecule has 0 spiro atoms. The van der Waals surface area contributed by atoms with Gasteiger partial charge in [0.2, 0.25) is 0 Å². The Morgan fingerprint density at radius 2 is 2.00 bits per heavy atom. The summed E-state index contributed by atoms with van der Waals surface area (Å²) in [6.07, 6.45) is 1.81. The van der Waals surface area contributed by atoms with E-state index < -0.39 is 0 Å². The van der Waals surface area contributed by atoms with E-state index in [2.05, 4.69) is 10.2 Å². The average Bonchev–Trinajstić information content (AvgIpc) is 2.65. The predicted molar refractivity (Wildman–Crippen MR) is 74.1 cm³/mol. The molecule has 1 aliphatic rings. The van der Waals surface area contributed by atoms with Crippen molar-refractivity contribution < 1.29 is 4.79 Å². The summed E-state index contributed by atoms with van der Waals surface area (Å²) in [6.45, 7) is 7.23. The molecule has 1 aromatic rings. The van der Waals surface area contributed by atoms with Crippen LogP contribution in [0.4, 0.5) is 0 Å². The fraction of sp³-hybridized carbons (Fsp3) is 0.533. The third kappa shape index (κ3) is 3.93. The SMILES string of the molecule is Cc1ccc(C(=O)CCN2CCCNCC2)cc1. The Morgan fingerprint density at radius 1 is 1.22 bits per heavy atom. The molecule has 1 heterocycles. The number of ketones is 1. The summed E-state index contributed by atoms with van der Waals surface area (Å²) in [5.41, 5.74) is 2.04. The lowest BCUT2D eigenvalue weighted by Crippen LogP contribution is -2.30. The van der Waals surface area contributed by atoms with Crippen LogP contribution >= 0.6 is 0 Å². The van der Waals surface area contributed by atoms with Gasteiger partial charge >= 0.3 is 0 Å².